The molecule has 0 aromatic heterocycles. The van der Waals surface area contributed by atoms with Gasteiger partial charge in [-0.15, -0.1) is 0 Å². The minimum atomic E-state index is -0.661. The number of allylic oxidation sites excluding steroid dienone is 2. The highest BCUT2D eigenvalue weighted by molar-refractivity contribution is 5.76. The highest BCUT2D eigenvalue weighted by Gasteiger charge is 2.20. The average Bonchev–Trinajstić information content (AvgIpc) is 3.33. The van der Waals surface area contributed by atoms with Crippen molar-refractivity contribution in [3.63, 3.8) is 0 Å². The lowest BCUT2D eigenvalue weighted by molar-refractivity contribution is -0.143. The Morgan fingerprint density at radius 1 is 0.403 bits per heavy atom. The summed E-state index contributed by atoms with van der Waals surface area (Å²) in [7, 11) is 0. The summed E-state index contributed by atoms with van der Waals surface area (Å²) < 4.78 is 5.46. The summed E-state index contributed by atoms with van der Waals surface area (Å²) in [6, 6.07) is -0.539. The van der Waals surface area contributed by atoms with Gasteiger partial charge in [-0.25, -0.2) is 0 Å². The normalized spacial score (nSPS) is 12.6. The molecule has 67 heavy (non-hydrogen) atoms. The number of amides is 1. The summed E-state index contributed by atoms with van der Waals surface area (Å²) in [4.78, 5) is 24.5. The summed E-state index contributed by atoms with van der Waals surface area (Å²) in [5, 5.41) is 23.3. The molecule has 0 spiro atoms. The Hall–Kier alpha value is -1.40. The second-order valence-electron chi connectivity index (χ2n) is 21.0. The van der Waals surface area contributed by atoms with Gasteiger partial charge in [0.2, 0.25) is 5.91 Å². The summed E-state index contributed by atoms with van der Waals surface area (Å²) in [6.07, 6.45) is 67.9. The first kappa shape index (κ1) is 65.6. The Morgan fingerprint density at radius 3 is 1.10 bits per heavy atom. The van der Waals surface area contributed by atoms with Gasteiger partial charge in [-0.05, 0) is 44.9 Å². The number of carbonyl (C=O) groups excluding carboxylic acids is 2. The number of aliphatic hydroxyl groups excluding tert-OH is 2. The number of nitrogens with one attached hydrogen (secondary N) is 1. The van der Waals surface area contributed by atoms with E-state index in [4.69, 9.17) is 4.74 Å². The third-order valence-corrected chi connectivity index (χ3v) is 14.3. The zero-order valence-corrected chi connectivity index (χ0v) is 45.4. The molecule has 1 amide bonds. The molecule has 0 aliphatic heterocycles. The van der Waals surface area contributed by atoms with E-state index in [-0.39, 0.29) is 18.5 Å². The van der Waals surface area contributed by atoms with Crippen LogP contribution in [0.2, 0.25) is 0 Å². The van der Waals surface area contributed by atoms with Crippen molar-refractivity contribution in [1.82, 2.24) is 5.32 Å². The molecule has 2 unspecified atom stereocenters. The summed E-state index contributed by atoms with van der Waals surface area (Å²) in [5.74, 6) is -0.0256. The van der Waals surface area contributed by atoms with E-state index in [0.717, 1.165) is 44.9 Å². The molecule has 398 valence electrons. The number of rotatable bonds is 57. The SMILES string of the molecule is CCCC/C=C\CCCCCCCC(=O)OCCCCCCCCCCCCCCCCCCCCCCCCCCCC(=O)NC(CO)C(O)CCCCCCCCCCCCCCCC. The molecule has 3 N–H and O–H groups in total. The molecule has 0 aliphatic rings. The topological polar surface area (TPSA) is 95.9 Å². The third-order valence-electron chi connectivity index (χ3n) is 14.3. The minimum absolute atomic E-state index is 0.00572. The predicted molar refractivity (Wildman–Crippen MR) is 292 cm³/mol. The molecule has 0 saturated carbocycles. The maximum absolute atomic E-state index is 12.5. The van der Waals surface area contributed by atoms with E-state index in [1.807, 2.05) is 0 Å². The summed E-state index contributed by atoms with van der Waals surface area (Å²) in [5.41, 5.74) is 0. The Morgan fingerprint density at radius 2 is 0.716 bits per heavy atom. The number of carbonyl (C=O) groups is 2. The Kier molecular flexibility index (Phi) is 56.0. The maximum atomic E-state index is 12.5. The van der Waals surface area contributed by atoms with Crippen molar-refractivity contribution in [2.24, 2.45) is 0 Å². The van der Waals surface area contributed by atoms with Gasteiger partial charge in [0.05, 0.1) is 25.4 Å². The molecule has 0 bridgehead atoms. The number of hydrogen-bond acceptors (Lipinski definition) is 5. The van der Waals surface area contributed by atoms with Crippen LogP contribution in [0.4, 0.5) is 0 Å². The van der Waals surface area contributed by atoms with Gasteiger partial charge in [-0.1, -0.05) is 296 Å². The van der Waals surface area contributed by atoms with Crippen molar-refractivity contribution in [1.29, 1.82) is 0 Å². The van der Waals surface area contributed by atoms with E-state index in [0.29, 0.717) is 25.9 Å². The Labute approximate surface area is 419 Å². The lowest BCUT2D eigenvalue weighted by Crippen LogP contribution is -2.45. The fourth-order valence-electron chi connectivity index (χ4n) is 9.62. The highest BCUT2D eigenvalue weighted by atomic mass is 16.5. The molecule has 0 rings (SSSR count). The molecule has 0 aromatic rings. The third kappa shape index (κ3) is 53.8. The molecule has 0 aliphatic carbocycles. The first-order valence-corrected chi connectivity index (χ1v) is 30.4. The van der Waals surface area contributed by atoms with Crippen molar-refractivity contribution in [3.05, 3.63) is 12.2 Å². The van der Waals surface area contributed by atoms with Crippen molar-refractivity contribution in [2.45, 2.75) is 353 Å². The zero-order valence-electron chi connectivity index (χ0n) is 45.4. The maximum Gasteiger partial charge on any atom is 0.305 e. The molecule has 2 atom stereocenters. The van der Waals surface area contributed by atoms with E-state index in [1.165, 1.54) is 263 Å². The van der Waals surface area contributed by atoms with Crippen LogP contribution >= 0.6 is 0 Å². The van der Waals surface area contributed by atoms with Crippen LogP contribution in [-0.2, 0) is 14.3 Å². The molecular formula is C61H119NO5. The van der Waals surface area contributed by atoms with E-state index >= 15 is 0 Å². The minimum Gasteiger partial charge on any atom is -0.466 e. The van der Waals surface area contributed by atoms with Crippen LogP contribution in [0, 0.1) is 0 Å². The standard InChI is InChI=1S/C61H119NO5/c1-3-5-7-9-11-13-15-16-30-34-37-41-45-49-53-59(64)58(57-63)62-60(65)54-50-46-42-38-35-31-28-26-24-22-20-18-17-19-21-23-25-27-29-32-36-40-44-48-52-56-67-61(66)55-51-47-43-39-33-14-12-10-8-6-4-2/h10,12,58-59,63-64H,3-9,11,13-57H2,1-2H3,(H,62,65)/b12-10-. The van der Waals surface area contributed by atoms with Crippen LogP contribution in [0.5, 0.6) is 0 Å². The molecule has 6 nitrogen and oxygen atoms in total. The van der Waals surface area contributed by atoms with Crippen LogP contribution in [0.3, 0.4) is 0 Å². The van der Waals surface area contributed by atoms with Gasteiger partial charge < -0.3 is 20.3 Å². The summed E-state index contributed by atoms with van der Waals surface area (Å²) >= 11 is 0. The number of unbranched alkanes of at least 4 members (excludes halogenated alkanes) is 44. The van der Waals surface area contributed by atoms with Gasteiger partial charge in [0.25, 0.3) is 0 Å². The number of hydrogen-bond donors (Lipinski definition) is 3. The van der Waals surface area contributed by atoms with Crippen LogP contribution in [0.15, 0.2) is 12.2 Å². The van der Waals surface area contributed by atoms with Gasteiger partial charge in [0, 0.05) is 12.8 Å². The molecule has 6 heteroatoms. The first-order chi connectivity index (χ1) is 33.0. The fourth-order valence-corrected chi connectivity index (χ4v) is 9.62. The number of aliphatic hydroxyl groups is 2. The van der Waals surface area contributed by atoms with Crippen molar-refractivity contribution < 1.29 is 24.5 Å². The van der Waals surface area contributed by atoms with Gasteiger partial charge in [-0.2, -0.15) is 0 Å². The lowest BCUT2D eigenvalue weighted by atomic mass is 10.0. The largest absolute Gasteiger partial charge is 0.466 e. The van der Waals surface area contributed by atoms with Gasteiger partial charge >= 0.3 is 5.97 Å². The quantitative estimate of drug-likeness (QED) is 0.0321. The van der Waals surface area contributed by atoms with Crippen molar-refractivity contribution >= 4 is 11.9 Å². The van der Waals surface area contributed by atoms with Gasteiger partial charge in [0.1, 0.15) is 0 Å². The molecular weight excluding hydrogens is 827 g/mol. The second-order valence-corrected chi connectivity index (χ2v) is 21.0. The molecule has 0 aromatic carbocycles. The van der Waals surface area contributed by atoms with Crippen LogP contribution in [-0.4, -0.2) is 47.4 Å². The highest BCUT2D eigenvalue weighted by Crippen LogP contribution is 2.18. The van der Waals surface area contributed by atoms with E-state index in [2.05, 4.69) is 31.3 Å². The number of esters is 1. The molecule has 0 radical (unpaired) electrons. The van der Waals surface area contributed by atoms with Gasteiger partial charge in [-0.3, -0.25) is 9.59 Å². The zero-order chi connectivity index (χ0) is 48.6. The van der Waals surface area contributed by atoms with Crippen LogP contribution in [0.1, 0.15) is 341 Å². The molecule has 0 heterocycles. The first-order valence-electron chi connectivity index (χ1n) is 30.4. The second kappa shape index (κ2) is 57.2. The van der Waals surface area contributed by atoms with E-state index < -0.39 is 12.1 Å². The molecule has 0 fully saturated rings. The van der Waals surface area contributed by atoms with E-state index in [9.17, 15) is 19.8 Å². The Balaban J connectivity index is 3.35. The summed E-state index contributed by atoms with van der Waals surface area (Å²) in [6.45, 7) is 4.93. The monoisotopic (exact) mass is 946 g/mol. The fraction of sp³-hybridized carbons (Fsp3) is 0.934. The average molecular weight is 947 g/mol. The van der Waals surface area contributed by atoms with Crippen LogP contribution in [0.25, 0.3) is 0 Å². The van der Waals surface area contributed by atoms with Crippen LogP contribution < -0.4 is 5.32 Å². The van der Waals surface area contributed by atoms with Gasteiger partial charge in [0.15, 0.2) is 0 Å². The predicted octanol–water partition coefficient (Wildman–Crippen LogP) is 18.9. The number of ether oxygens (including phenoxy) is 1. The lowest BCUT2D eigenvalue weighted by Gasteiger charge is -2.22. The van der Waals surface area contributed by atoms with E-state index in [1.54, 1.807) is 0 Å². The van der Waals surface area contributed by atoms with Crippen molar-refractivity contribution in [3.8, 4) is 0 Å². The Bertz CT molecular complexity index is 1000. The molecule has 0 saturated heterocycles. The smallest absolute Gasteiger partial charge is 0.305 e. The van der Waals surface area contributed by atoms with Crippen molar-refractivity contribution in [2.75, 3.05) is 13.2 Å².